The standard InChI is InChI=1S/C12H12BN2O3S/c1-13-10-6-4-15(12(18)7(6)5-19-10)8-2-3-9(16)14-11(8)17/h5,8H,2-4H2,1H3,(H,14,16,17). The van der Waals surface area contributed by atoms with E-state index in [2.05, 4.69) is 5.32 Å². The number of carbonyl (C=O) groups excluding carboxylic acids is 3. The minimum atomic E-state index is -0.521. The Labute approximate surface area is 115 Å². The first-order chi connectivity index (χ1) is 9.11. The minimum absolute atomic E-state index is 0.103. The molecule has 1 N–H and O–H groups in total. The maximum atomic E-state index is 12.3. The fraction of sp³-hybridized carbons (Fsp3) is 0.417. The summed E-state index contributed by atoms with van der Waals surface area (Å²) in [6.45, 7) is 2.40. The molecule has 0 aliphatic carbocycles. The quantitative estimate of drug-likeness (QED) is 0.605. The van der Waals surface area contributed by atoms with Gasteiger partial charge in [-0.25, -0.2) is 0 Å². The number of imide groups is 1. The average molecular weight is 275 g/mol. The van der Waals surface area contributed by atoms with Crippen molar-refractivity contribution in [2.24, 2.45) is 0 Å². The zero-order chi connectivity index (χ0) is 13.6. The molecule has 2 aliphatic heterocycles. The lowest BCUT2D eigenvalue weighted by Crippen LogP contribution is -2.52. The molecule has 5 nitrogen and oxygen atoms in total. The van der Waals surface area contributed by atoms with Gasteiger partial charge in [0.2, 0.25) is 11.8 Å². The van der Waals surface area contributed by atoms with Crippen LogP contribution in [0.25, 0.3) is 0 Å². The summed E-state index contributed by atoms with van der Waals surface area (Å²) in [5.74, 6) is -0.723. The number of thiophene rings is 1. The summed E-state index contributed by atoms with van der Waals surface area (Å²) in [5, 5.41) is 4.14. The Hall–Kier alpha value is -1.63. The largest absolute Gasteiger partial charge is 0.322 e. The number of nitrogens with zero attached hydrogens (tertiary/aromatic N) is 1. The number of hydrogen-bond acceptors (Lipinski definition) is 4. The summed E-state index contributed by atoms with van der Waals surface area (Å²) < 4.78 is 1.08. The fourth-order valence-corrected chi connectivity index (χ4v) is 3.55. The molecule has 7 heteroatoms. The molecule has 3 rings (SSSR count). The Kier molecular flexibility index (Phi) is 2.93. The molecule has 0 saturated carbocycles. The molecule has 0 bridgehead atoms. The van der Waals surface area contributed by atoms with Crippen molar-refractivity contribution in [1.29, 1.82) is 0 Å². The fourth-order valence-electron chi connectivity index (χ4n) is 2.61. The lowest BCUT2D eigenvalue weighted by Gasteiger charge is -2.29. The molecule has 1 atom stereocenters. The minimum Gasteiger partial charge on any atom is -0.322 e. The van der Waals surface area contributed by atoms with Crippen LogP contribution in [0, 0.1) is 0 Å². The predicted molar refractivity (Wildman–Crippen MR) is 71.6 cm³/mol. The van der Waals surface area contributed by atoms with Gasteiger partial charge in [-0.05, 0) is 16.8 Å². The van der Waals surface area contributed by atoms with Crippen molar-refractivity contribution >= 4 is 41.1 Å². The van der Waals surface area contributed by atoms with E-state index in [1.165, 1.54) is 0 Å². The van der Waals surface area contributed by atoms with E-state index in [0.29, 0.717) is 24.9 Å². The third kappa shape index (κ3) is 1.88. The summed E-state index contributed by atoms with van der Waals surface area (Å²) in [6.07, 6.45) is 0.703. The number of piperidine rings is 1. The Morgan fingerprint density at radius 2 is 2.21 bits per heavy atom. The van der Waals surface area contributed by atoms with E-state index >= 15 is 0 Å². The molecule has 1 aromatic rings. The van der Waals surface area contributed by atoms with Gasteiger partial charge in [0.25, 0.3) is 5.91 Å². The number of carbonyl (C=O) groups is 3. The van der Waals surface area contributed by atoms with Crippen LogP contribution in [0.1, 0.15) is 28.8 Å². The van der Waals surface area contributed by atoms with Gasteiger partial charge in [-0.1, -0.05) is 6.82 Å². The molecule has 1 fully saturated rings. The van der Waals surface area contributed by atoms with Crippen LogP contribution in [-0.4, -0.2) is 35.9 Å². The van der Waals surface area contributed by atoms with E-state index in [-0.39, 0.29) is 17.7 Å². The number of amides is 3. The molecule has 0 spiro atoms. The second-order valence-corrected chi connectivity index (χ2v) is 5.59. The molecule has 1 aromatic heterocycles. The van der Waals surface area contributed by atoms with Crippen molar-refractivity contribution in [3.05, 3.63) is 16.5 Å². The Bertz CT molecular complexity index is 584. The van der Waals surface area contributed by atoms with E-state index in [9.17, 15) is 14.4 Å². The molecule has 2 aliphatic rings. The van der Waals surface area contributed by atoms with Gasteiger partial charge >= 0.3 is 0 Å². The molecule has 19 heavy (non-hydrogen) atoms. The van der Waals surface area contributed by atoms with Crippen LogP contribution in [0.4, 0.5) is 0 Å². The molecule has 3 heterocycles. The smallest absolute Gasteiger partial charge is 0.256 e. The van der Waals surface area contributed by atoms with Crippen molar-refractivity contribution in [3.63, 3.8) is 0 Å². The molecule has 1 unspecified atom stereocenters. The van der Waals surface area contributed by atoms with E-state index in [0.717, 1.165) is 10.3 Å². The van der Waals surface area contributed by atoms with Crippen LogP contribution in [0.5, 0.6) is 0 Å². The van der Waals surface area contributed by atoms with Crippen LogP contribution in [0.2, 0.25) is 6.82 Å². The first-order valence-electron chi connectivity index (χ1n) is 6.16. The van der Waals surface area contributed by atoms with E-state index in [1.54, 1.807) is 16.2 Å². The molecule has 3 amide bonds. The lowest BCUT2D eigenvalue weighted by atomic mass is 9.78. The van der Waals surface area contributed by atoms with Crippen LogP contribution < -0.4 is 10.1 Å². The molecule has 97 valence electrons. The molecular weight excluding hydrogens is 263 g/mol. The van der Waals surface area contributed by atoms with Gasteiger partial charge in [-0.3, -0.25) is 19.7 Å². The Balaban J connectivity index is 1.85. The summed E-state index contributed by atoms with van der Waals surface area (Å²) >= 11 is 1.55. The zero-order valence-corrected chi connectivity index (χ0v) is 11.3. The Morgan fingerprint density at radius 1 is 1.42 bits per heavy atom. The van der Waals surface area contributed by atoms with Gasteiger partial charge in [-0.15, -0.1) is 0 Å². The number of rotatable bonds is 2. The second kappa shape index (κ2) is 4.49. The second-order valence-electron chi connectivity index (χ2n) is 4.68. The number of nitrogens with one attached hydrogen (secondary N) is 1. The highest BCUT2D eigenvalue weighted by Gasteiger charge is 2.40. The van der Waals surface area contributed by atoms with E-state index in [1.807, 2.05) is 19.5 Å². The third-order valence-corrected chi connectivity index (χ3v) is 4.68. The van der Waals surface area contributed by atoms with Crippen molar-refractivity contribution in [2.45, 2.75) is 32.3 Å². The van der Waals surface area contributed by atoms with Crippen LogP contribution >= 0.6 is 11.3 Å². The van der Waals surface area contributed by atoms with E-state index < -0.39 is 6.04 Å². The zero-order valence-electron chi connectivity index (χ0n) is 10.4. The maximum Gasteiger partial charge on any atom is 0.256 e. The van der Waals surface area contributed by atoms with Gasteiger partial charge in [0.05, 0.1) is 5.56 Å². The maximum absolute atomic E-state index is 12.3. The number of fused-ring (bicyclic) bond motifs is 1. The monoisotopic (exact) mass is 275 g/mol. The van der Waals surface area contributed by atoms with Crippen molar-refractivity contribution < 1.29 is 14.4 Å². The van der Waals surface area contributed by atoms with Crippen molar-refractivity contribution in [1.82, 2.24) is 10.2 Å². The average Bonchev–Trinajstić information content (AvgIpc) is 2.91. The number of hydrogen-bond donors (Lipinski definition) is 1. The predicted octanol–water partition coefficient (Wildman–Crippen LogP) is -0.113. The van der Waals surface area contributed by atoms with E-state index in [4.69, 9.17) is 0 Å². The van der Waals surface area contributed by atoms with Gasteiger partial charge in [0.15, 0.2) is 7.28 Å². The highest BCUT2D eigenvalue weighted by atomic mass is 32.1. The molecule has 1 radical (unpaired) electrons. The summed E-state index contributed by atoms with van der Waals surface area (Å²) in [6, 6.07) is -0.521. The summed E-state index contributed by atoms with van der Waals surface area (Å²) in [4.78, 5) is 36.9. The molecule has 1 saturated heterocycles. The highest BCUT2D eigenvalue weighted by molar-refractivity contribution is 7.20. The lowest BCUT2D eigenvalue weighted by molar-refractivity contribution is -0.136. The first kappa shape index (κ1) is 12.4. The van der Waals surface area contributed by atoms with Gasteiger partial charge in [0, 0.05) is 18.3 Å². The summed E-state index contributed by atoms with van der Waals surface area (Å²) in [5.41, 5.74) is 1.70. The highest BCUT2D eigenvalue weighted by Crippen LogP contribution is 2.28. The van der Waals surface area contributed by atoms with Crippen LogP contribution in [0.15, 0.2) is 5.38 Å². The molecule has 0 aromatic carbocycles. The van der Waals surface area contributed by atoms with Crippen molar-refractivity contribution in [3.8, 4) is 0 Å². The summed E-state index contributed by atoms with van der Waals surface area (Å²) in [7, 11) is 1.98. The Morgan fingerprint density at radius 3 is 2.89 bits per heavy atom. The normalized spacial score (nSPS) is 22.5. The van der Waals surface area contributed by atoms with Gasteiger partial charge in [0.1, 0.15) is 6.04 Å². The topological polar surface area (TPSA) is 66.5 Å². The SMILES string of the molecule is C[B]c1scc2c1CN(C1CCC(=O)NC1=O)C2=O. The first-order valence-corrected chi connectivity index (χ1v) is 7.04. The third-order valence-electron chi connectivity index (χ3n) is 3.59. The van der Waals surface area contributed by atoms with Gasteiger partial charge in [-0.2, -0.15) is 11.3 Å². The van der Waals surface area contributed by atoms with Crippen LogP contribution in [-0.2, 0) is 16.1 Å². The van der Waals surface area contributed by atoms with Crippen molar-refractivity contribution in [2.75, 3.05) is 0 Å². The van der Waals surface area contributed by atoms with Gasteiger partial charge < -0.3 is 4.90 Å². The van der Waals surface area contributed by atoms with Crippen LogP contribution in [0.3, 0.4) is 0 Å². The molecular formula is C12H12BN2O3S.